The molecule has 106 valence electrons. The van der Waals surface area contributed by atoms with Crippen LogP contribution in [0, 0.1) is 5.92 Å². The van der Waals surface area contributed by atoms with Gasteiger partial charge in [-0.2, -0.15) is 0 Å². The highest BCUT2D eigenvalue weighted by Gasteiger charge is 2.28. The number of hydrogen-bond donors (Lipinski definition) is 1. The molecule has 3 heteroatoms. The van der Waals surface area contributed by atoms with E-state index in [0.29, 0.717) is 6.04 Å². The molecule has 0 aromatic heterocycles. The molecule has 18 heavy (non-hydrogen) atoms. The molecule has 1 saturated heterocycles. The Bertz CT molecular complexity index is 239. The highest BCUT2D eigenvalue weighted by atomic mass is 16.3. The van der Waals surface area contributed by atoms with Gasteiger partial charge in [0.25, 0.3) is 0 Å². The van der Waals surface area contributed by atoms with E-state index < -0.39 is 0 Å². The van der Waals surface area contributed by atoms with Gasteiger partial charge >= 0.3 is 0 Å². The van der Waals surface area contributed by atoms with Crippen LogP contribution in [-0.4, -0.2) is 59.8 Å². The second-order valence-corrected chi connectivity index (χ2v) is 6.32. The molecule has 3 nitrogen and oxygen atoms in total. The third kappa shape index (κ3) is 3.94. The molecular weight excluding hydrogens is 224 g/mol. The molecule has 1 aliphatic carbocycles. The van der Waals surface area contributed by atoms with E-state index in [1.165, 1.54) is 51.7 Å². The van der Waals surface area contributed by atoms with Gasteiger partial charge in [0.05, 0.1) is 6.10 Å². The molecule has 1 saturated carbocycles. The molecule has 0 unspecified atom stereocenters. The van der Waals surface area contributed by atoms with Gasteiger partial charge in [0, 0.05) is 38.8 Å². The zero-order chi connectivity index (χ0) is 13.0. The lowest BCUT2D eigenvalue weighted by atomic mass is 10.0. The average Bonchev–Trinajstić information content (AvgIpc) is 2.83. The quantitative estimate of drug-likeness (QED) is 0.812. The Balaban J connectivity index is 1.79. The van der Waals surface area contributed by atoms with Crippen LogP contribution in [0.3, 0.4) is 0 Å². The van der Waals surface area contributed by atoms with Gasteiger partial charge in [-0.25, -0.2) is 0 Å². The molecule has 1 heterocycles. The summed E-state index contributed by atoms with van der Waals surface area (Å²) in [4.78, 5) is 5.15. The predicted octanol–water partition coefficient (Wildman–Crippen LogP) is 1.95. The molecule has 2 rings (SSSR count). The summed E-state index contributed by atoms with van der Waals surface area (Å²) in [7, 11) is 0. The summed E-state index contributed by atoms with van der Waals surface area (Å²) >= 11 is 0. The largest absolute Gasteiger partial charge is 0.392 e. The van der Waals surface area contributed by atoms with E-state index in [0.717, 1.165) is 19.0 Å². The molecule has 0 spiro atoms. The molecular formula is C15H30N2O. The molecule has 2 atom stereocenters. The maximum absolute atomic E-state index is 9.56. The summed E-state index contributed by atoms with van der Waals surface area (Å²) in [5, 5.41) is 9.56. The fourth-order valence-electron chi connectivity index (χ4n) is 3.65. The van der Waals surface area contributed by atoms with Gasteiger partial charge in [-0.3, -0.25) is 4.90 Å². The van der Waals surface area contributed by atoms with Crippen LogP contribution in [0.1, 0.15) is 46.0 Å². The van der Waals surface area contributed by atoms with Crippen LogP contribution >= 0.6 is 0 Å². The van der Waals surface area contributed by atoms with Crippen molar-refractivity contribution in [3.8, 4) is 0 Å². The molecule has 0 bridgehead atoms. The summed E-state index contributed by atoms with van der Waals surface area (Å²) in [5.41, 5.74) is 0. The molecule has 0 aromatic rings. The lowest BCUT2D eigenvalue weighted by Crippen LogP contribution is -2.55. The van der Waals surface area contributed by atoms with Crippen molar-refractivity contribution in [3.05, 3.63) is 0 Å². The number of hydrogen-bond acceptors (Lipinski definition) is 3. The minimum atomic E-state index is -0.194. The summed E-state index contributed by atoms with van der Waals surface area (Å²) in [6, 6.07) is 0.648. The minimum Gasteiger partial charge on any atom is -0.392 e. The van der Waals surface area contributed by atoms with E-state index in [-0.39, 0.29) is 6.10 Å². The maximum Gasteiger partial charge on any atom is 0.0639 e. The summed E-state index contributed by atoms with van der Waals surface area (Å²) in [5.74, 6) is 0.964. The first-order valence-electron chi connectivity index (χ1n) is 7.83. The van der Waals surface area contributed by atoms with Crippen LogP contribution in [0.15, 0.2) is 0 Å². The minimum absolute atomic E-state index is 0.194. The molecule has 0 aromatic carbocycles. The normalized spacial score (nSPS) is 29.8. The van der Waals surface area contributed by atoms with Crippen molar-refractivity contribution in [2.75, 3.05) is 32.7 Å². The standard InChI is InChI=1S/C15H30N2O/c1-3-15-12-16(11-14-6-4-5-7-14)8-9-17(15)10-13(2)18/h13-15,18H,3-12H2,1-2H3/t13-,15-/m1/s1. The second kappa shape index (κ2) is 6.88. The maximum atomic E-state index is 9.56. The van der Waals surface area contributed by atoms with Crippen molar-refractivity contribution in [1.29, 1.82) is 0 Å². The molecule has 2 aliphatic rings. The third-order valence-corrected chi connectivity index (χ3v) is 4.65. The van der Waals surface area contributed by atoms with Crippen molar-refractivity contribution in [1.82, 2.24) is 9.80 Å². The fraction of sp³-hybridized carbons (Fsp3) is 1.00. The zero-order valence-corrected chi connectivity index (χ0v) is 12.1. The second-order valence-electron chi connectivity index (χ2n) is 6.32. The summed E-state index contributed by atoms with van der Waals surface area (Å²) < 4.78 is 0. The highest BCUT2D eigenvalue weighted by Crippen LogP contribution is 2.26. The van der Waals surface area contributed by atoms with E-state index in [9.17, 15) is 5.11 Å². The van der Waals surface area contributed by atoms with Crippen molar-refractivity contribution in [2.45, 2.75) is 58.1 Å². The van der Waals surface area contributed by atoms with Crippen molar-refractivity contribution in [2.24, 2.45) is 5.92 Å². The molecule has 1 N–H and O–H groups in total. The highest BCUT2D eigenvalue weighted by molar-refractivity contribution is 4.84. The Labute approximate surface area is 112 Å². The van der Waals surface area contributed by atoms with Crippen LogP contribution in [0.25, 0.3) is 0 Å². The summed E-state index contributed by atoms with van der Waals surface area (Å²) in [6.45, 7) is 9.88. The lowest BCUT2D eigenvalue weighted by molar-refractivity contribution is 0.0313. The van der Waals surface area contributed by atoms with Gasteiger partial charge in [-0.05, 0) is 32.1 Å². The Morgan fingerprint density at radius 3 is 2.56 bits per heavy atom. The first kappa shape index (κ1) is 14.3. The van der Waals surface area contributed by atoms with Crippen LogP contribution in [0.5, 0.6) is 0 Å². The van der Waals surface area contributed by atoms with Crippen molar-refractivity contribution >= 4 is 0 Å². The Kier molecular flexibility index (Phi) is 5.46. The van der Waals surface area contributed by atoms with E-state index in [4.69, 9.17) is 0 Å². The number of β-amino-alcohol motifs (C(OH)–C–C–N with tert-alkyl or cyclic N) is 1. The van der Waals surface area contributed by atoms with Gasteiger partial charge in [0.2, 0.25) is 0 Å². The van der Waals surface area contributed by atoms with Gasteiger partial charge < -0.3 is 10.0 Å². The SMILES string of the molecule is CC[C@@H]1CN(CC2CCCC2)CCN1C[C@@H](C)O. The monoisotopic (exact) mass is 254 g/mol. The third-order valence-electron chi connectivity index (χ3n) is 4.65. The van der Waals surface area contributed by atoms with Gasteiger partial charge in [0.1, 0.15) is 0 Å². The Hall–Kier alpha value is -0.120. The average molecular weight is 254 g/mol. The number of aliphatic hydroxyl groups is 1. The van der Waals surface area contributed by atoms with Gasteiger partial charge in [-0.15, -0.1) is 0 Å². The number of piperazine rings is 1. The van der Waals surface area contributed by atoms with E-state index in [2.05, 4.69) is 16.7 Å². The molecule has 0 amide bonds. The van der Waals surface area contributed by atoms with Crippen LogP contribution in [0.2, 0.25) is 0 Å². The topological polar surface area (TPSA) is 26.7 Å². The van der Waals surface area contributed by atoms with E-state index >= 15 is 0 Å². The van der Waals surface area contributed by atoms with Crippen molar-refractivity contribution < 1.29 is 5.11 Å². The number of aliphatic hydroxyl groups excluding tert-OH is 1. The Morgan fingerprint density at radius 1 is 1.22 bits per heavy atom. The van der Waals surface area contributed by atoms with E-state index in [1.54, 1.807) is 0 Å². The van der Waals surface area contributed by atoms with Crippen LogP contribution in [-0.2, 0) is 0 Å². The van der Waals surface area contributed by atoms with Crippen molar-refractivity contribution in [3.63, 3.8) is 0 Å². The van der Waals surface area contributed by atoms with Crippen LogP contribution in [0.4, 0.5) is 0 Å². The summed E-state index contributed by atoms with van der Waals surface area (Å²) in [6.07, 6.45) is 6.80. The molecule has 2 fully saturated rings. The number of nitrogens with zero attached hydrogens (tertiary/aromatic N) is 2. The molecule has 0 radical (unpaired) electrons. The Morgan fingerprint density at radius 2 is 1.94 bits per heavy atom. The van der Waals surface area contributed by atoms with Gasteiger partial charge in [0.15, 0.2) is 0 Å². The first-order chi connectivity index (χ1) is 8.69. The zero-order valence-electron chi connectivity index (χ0n) is 12.1. The first-order valence-corrected chi connectivity index (χ1v) is 7.83. The van der Waals surface area contributed by atoms with Gasteiger partial charge in [-0.1, -0.05) is 19.8 Å². The smallest absolute Gasteiger partial charge is 0.0639 e. The molecule has 1 aliphatic heterocycles. The number of rotatable bonds is 5. The fourth-order valence-corrected chi connectivity index (χ4v) is 3.65. The van der Waals surface area contributed by atoms with E-state index in [1.807, 2.05) is 6.92 Å². The lowest BCUT2D eigenvalue weighted by Gasteiger charge is -2.42. The predicted molar refractivity (Wildman–Crippen MR) is 75.7 cm³/mol. The van der Waals surface area contributed by atoms with Crippen LogP contribution < -0.4 is 0 Å².